The number of rotatable bonds is 1. The van der Waals surface area contributed by atoms with Crippen LogP contribution < -0.4 is 0 Å². The Morgan fingerprint density at radius 1 is 1.38 bits per heavy atom. The van der Waals surface area contributed by atoms with Crippen molar-refractivity contribution in [3.05, 3.63) is 0 Å². The molecule has 1 aliphatic rings. The molecule has 0 aromatic rings. The van der Waals surface area contributed by atoms with Crippen LogP contribution in [-0.4, -0.2) is 18.6 Å². The van der Waals surface area contributed by atoms with Gasteiger partial charge < -0.3 is 4.74 Å². The Kier molecular flexibility index (Phi) is 2.43. The molecule has 0 aromatic heterocycles. The van der Waals surface area contributed by atoms with Crippen molar-refractivity contribution in [1.29, 1.82) is 0 Å². The highest BCUT2D eigenvalue weighted by atomic mass is 32.1. The van der Waals surface area contributed by atoms with Crippen LogP contribution >= 0.6 is 12.2 Å². The van der Waals surface area contributed by atoms with Crippen molar-refractivity contribution in [3.8, 4) is 0 Å². The summed E-state index contributed by atoms with van der Waals surface area (Å²) in [5.41, 5.74) is 0. The second kappa shape index (κ2) is 3.15. The third-order valence-electron chi connectivity index (χ3n) is 1.46. The van der Waals surface area contributed by atoms with Crippen LogP contribution in [0.3, 0.4) is 0 Å². The Balaban J connectivity index is 2.22. The Morgan fingerprint density at radius 3 is 2.38 bits per heavy atom. The standard InChI is InChI=1S/C6H10OS/c8-5-6-1-3-7-4-2-6/h5-6H,1-4H2. The van der Waals surface area contributed by atoms with Crippen molar-refractivity contribution in [3.63, 3.8) is 0 Å². The summed E-state index contributed by atoms with van der Waals surface area (Å²) in [7, 11) is 0. The van der Waals surface area contributed by atoms with E-state index in [1.165, 1.54) is 0 Å². The summed E-state index contributed by atoms with van der Waals surface area (Å²) >= 11 is 4.79. The average molecular weight is 130 g/mol. The van der Waals surface area contributed by atoms with Crippen LogP contribution in [0.15, 0.2) is 0 Å². The van der Waals surface area contributed by atoms with Crippen molar-refractivity contribution in [1.82, 2.24) is 0 Å². The normalized spacial score (nSPS) is 23.0. The van der Waals surface area contributed by atoms with Crippen LogP contribution in [0.4, 0.5) is 0 Å². The fraction of sp³-hybridized carbons (Fsp3) is 0.833. The van der Waals surface area contributed by atoms with Gasteiger partial charge in [0.1, 0.15) is 0 Å². The molecule has 0 bridgehead atoms. The molecular formula is C6H10OS. The molecule has 1 rings (SSSR count). The van der Waals surface area contributed by atoms with Crippen molar-refractivity contribution in [2.24, 2.45) is 5.92 Å². The molecule has 1 saturated heterocycles. The molecular weight excluding hydrogens is 120 g/mol. The predicted octanol–water partition coefficient (Wildman–Crippen LogP) is 1.41. The minimum Gasteiger partial charge on any atom is -0.381 e. The fourth-order valence-corrected chi connectivity index (χ4v) is 1.12. The predicted molar refractivity (Wildman–Crippen MR) is 37.2 cm³/mol. The Bertz CT molecular complexity index is 76.6. The second-order valence-electron chi connectivity index (χ2n) is 2.09. The molecule has 1 fully saturated rings. The number of thiocarbonyl (C=S) groups is 1. The first-order chi connectivity index (χ1) is 3.93. The van der Waals surface area contributed by atoms with E-state index in [0.29, 0.717) is 5.92 Å². The lowest BCUT2D eigenvalue weighted by atomic mass is 10.0. The maximum atomic E-state index is 5.14. The molecule has 0 N–H and O–H groups in total. The Hall–Kier alpha value is 0.0500. The summed E-state index contributed by atoms with van der Waals surface area (Å²) in [6.45, 7) is 1.80. The summed E-state index contributed by atoms with van der Waals surface area (Å²) in [5.74, 6) is 0.652. The van der Waals surface area contributed by atoms with Gasteiger partial charge in [-0.3, -0.25) is 0 Å². The SMILES string of the molecule is S=CC1CCOCC1. The molecule has 1 heterocycles. The molecule has 0 atom stereocenters. The van der Waals surface area contributed by atoms with Gasteiger partial charge in [0.25, 0.3) is 0 Å². The first kappa shape index (κ1) is 6.17. The van der Waals surface area contributed by atoms with E-state index >= 15 is 0 Å². The summed E-state index contributed by atoms with van der Waals surface area (Å²) in [4.78, 5) is 0. The molecule has 2 heteroatoms. The van der Waals surface area contributed by atoms with E-state index in [1.807, 2.05) is 5.37 Å². The van der Waals surface area contributed by atoms with Gasteiger partial charge in [-0.25, -0.2) is 0 Å². The van der Waals surface area contributed by atoms with Crippen molar-refractivity contribution < 1.29 is 4.74 Å². The van der Waals surface area contributed by atoms with Crippen molar-refractivity contribution >= 4 is 17.6 Å². The molecule has 46 valence electrons. The van der Waals surface area contributed by atoms with Crippen LogP contribution in [-0.2, 0) is 4.74 Å². The molecule has 0 saturated carbocycles. The molecule has 1 nitrogen and oxygen atoms in total. The van der Waals surface area contributed by atoms with Crippen LogP contribution in [0, 0.1) is 5.92 Å². The topological polar surface area (TPSA) is 9.23 Å². The van der Waals surface area contributed by atoms with Crippen molar-refractivity contribution in [2.45, 2.75) is 12.8 Å². The zero-order valence-corrected chi connectivity index (χ0v) is 5.62. The van der Waals surface area contributed by atoms with Gasteiger partial charge in [-0.15, -0.1) is 0 Å². The Morgan fingerprint density at radius 2 is 2.00 bits per heavy atom. The smallest absolute Gasteiger partial charge is 0.0471 e. The lowest BCUT2D eigenvalue weighted by molar-refractivity contribution is 0.0842. The van der Waals surface area contributed by atoms with Gasteiger partial charge in [-0.1, -0.05) is 12.2 Å². The van der Waals surface area contributed by atoms with Gasteiger partial charge in [0.15, 0.2) is 0 Å². The first-order valence-electron chi connectivity index (χ1n) is 2.96. The van der Waals surface area contributed by atoms with Gasteiger partial charge in [-0.2, -0.15) is 0 Å². The summed E-state index contributed by atoms with van der Waals surface area (Å²) < 4.78 is 5.14. The largest absolute Gasteiger partial charge is 0.381 e. The molecule has 0 amide bonds. The maximum Gasteiger partial charge on any atom is 0.0471 e. The first-order valence-corrected chi connectivity index (χ1v) is 3.43. The van der Waals surface area contributed by atoms with Gasteiger partial charge in [-0.05, 0) is 24.1 Å². The average Bonchev–Trinajstić information content (AvgIpc) is 1.90. The monoisotopic (exact) mass is 130 g/mol. The number of hydrogen-bond acceptors (Lipinski definition) is 2. The van der Waals surface area contributed by atoms with Crippen LogP contribution in [0.25, 0.3) is 0 Å². The number of ether oxygens (including phenoxy) is 1. The Labute approximate surface area is 55.0 Å². The third kappa shape index (κ3) is 1.53. The lowest BCUT2D eigenvalue weighted by Crippen LogP contribution is -2.15. The van der Waals surface area contributed by atoms with E-state index in [0.717, 1.165) is 26.1 Å². The third-order valence-corrected chi connectivity index (χ3v) is 1.84. The molecule has 1 aliphatic heterocycles. The molecule has 0 radical (unpaired) electrons. The summed E-state index contributed by atoms with van der Waals surface area (Å²) in [5, 5.41) is 1.86. The maximum absolute atomic E-state index is 5.14. The van der Waals surface area contributed by atoms with Crippen LogP contribution in [0.5, 0.6) is 0 Å². The van der Waals surface area contributed by atoms with E-state index in [2.05, 4.69) is 0 Å². The minimum atomic E-state index is 0.652. The van der Waals surface area contributed by atoms with Gasteiger partial charge in [0.2, 0.25) is 0 Å². The van der Waals surface area contributed by atoms with Gasteiger partial charge in [0.05, 0.1) is 0 Å². The molecule has 0 spiro atoms. The molecule has 8 heavy (non-hydrogen) atoms. The molecule has 0 unspecified atom stereocenters. The van der Waals surface area contributed by atoms with Gasteiger partial charge >= 0.3 is 0 Å². The zero-order valence-electron chi connectivity index (χ0n) is 4.80. The van der Waals surface area contributed by atoms with E-state index in [-0.39, 0.29) is 0 Å². The highest BCUT2D eigenvalue weighted by Crippen LogP contribution is 2.11. The molecule has 0 aromatic carbocycles. The second-order valence-corrected chi connectivity index (χ2v) is 2.36. The van der Waals surface area contributed by atoms with Gasteiger partial charge in [0, 0.05) is 13.2 Å². The lowest BCUT2D eigenvalue weighted by Gasteiger charge is -2.16. The van der Waals surface area contributed by atoms with Crippen LogP contribution in [0.1, 0.15) is 12.8 Å². The van der Waals surface area contributed by atoms with E-state index < -0.39 is 0 Å². The number of hydrogen-bond donors (Lipinski definition) is 0. The van der Waals surface area contributed by atoms with E-state index in [9.17, 15) is 0 Å². The highest BCUT2D eigenvalue weighted by Gasteiger charge is 2.09. The summed E-state index contributed by atoms with van der Waals surface area (Å²) in [6.07, 6.45) is 2.26. The van der Waals surface area contributed by atoms with Crippen molar-refractivity contribution in [2.75, 3.05) is 13.2 Å². The highest BCUT2D eigenvalue weighted by molar-refractivity contribution is 7.79. The zero-order chi connectivity index (χ0) is 5.82. The van der Waals surface area contributed by atoms with Crippen LogP contribution in [0.2, 0.25) is 0 Å². The fourth-order valence-electron chi connectivity index (χ4n) is 0.852. The van der Waals surface area contributed by atoms with E-state index in [1.54, 1.807) is 0 Å². The quantitative estimate of drug-likeness (QED) is 0.496. The molecule has 0 aliphatic carbocycles. The minimum absolute atomic E-state index is 0.652. The van der Waals surface area contributed by atoms with E-state index in [4.69, 9.17) is 17.0 Å². The summed E-state index contributed by atoms with van der Waals surface area (Å²) in [6, 6.07) is 0.